The van der Waals surface area contributed by atoms with Gasteiger partial charge >= 0.3 is 0 Å². The summed E-state index contributed by atoms with van der Waals surface area (Å²) in [4.78, 5) is 0. The third kappa shape index (κ3) is 4.20. The first kappa shape index (κ1) is 13.1. The van der Waals surface area contributed by atoms with Gasteiger partial charge in [-0.25, -0.2) is 13.1 Å². The van der Waals surface area contributed by atoms with Crippen LogP contribution in [-0.2, 0) is 10.0 Å². The van der Waals surface area contributed by atoms with Gasteiger partial charge in [0.25, 0.3) is 0 Å². The van der Waals surface area contributed by atoms with Crippen molar-refractivity contribution in [2.45, 2.75) is 23.7 Å². The molecule has 0 radical (unpaired) electrons. The van der Waals surface area contributed by atoms with Gasteiger partial charge in [0, 0.05) is 6.54 Å². The zero-order valence-electron chi connectivity index (χ0n) is 8.32. The Labute approximate surface area is 102 Å². The van der Waals surface area contributed by atoms with E-state index in [0.29, 0.717) is 0 Å². The van der Waals surface area contributed by atoms with E-state index >= 15 is 0 Å². The fourth-order valence-corrected chi connectivity index (χ4v) is 4.04. The van der Waals surface area contributed by atoms with Crippen molar-refractivity contribution in [2.24, 2.45) is 0 Å². The summed E-state index contributed by atoms with van der Waals surface area (Å²) in [6.07, 6.45) is 0. The highest BCUT2D eigenvalue weighted by atomic mass is 79.9. The molecule has 4 nitrogen and oxygen atoms in total. The quantitative estimate of drug-likeness (QED) is 0.886. The highest BCUT2D eigenvalue weighted by molar-refractivity contribution is 9.11. The minimum Gasteiger partial charge on any atom is -0.389 e. The molecule has 1 aromatic rings. The van der Waals surface area contributed by atoms with Gasteiger partial charge in [-0.15, -0.1) is 11.3 Å². The van der Waals surface area contributed by atoms with Crippen LogP contribution in [0.2, 0.25) is 0 Å². The third-order valence-corrected chi connectivity index (χ3v) is 5.02. The van der Waals surface area contributed by atoms with E-state index in [-0.39, 0.29) is 10.8 Å². The van der Waals surface area contributed by atoms with Crippen LogP contribution in [0.1, 0.15) is 13.8 Å². The van der Waals surface area contributed by atoms with Gasteiger partial charge in [0.2, 0.25) is 10.0 Å². The van der Waals surface area contributed by atoms with Gasteiger partial charge in [-0.1, -0.05) is 0 Å². The normalized spacial score (nSPS) is 13.1. The Bertz CT molecular complexity index is 433. The molecule has 0 bridgehead atoms. The van der Waals surface area contributed by atoms with Gasteiger partial charge < -0.3 is 5.11 Å². The van der Waals surface area contributed by atoms with E-state index in [2.05, 4.69) is 20.7 Å². The molecule has 0 amide bonds. The lowest BCUT2D eigenvalue weighted by molar-refractivity contribution is 0.0857. The maximum atomic E-state index is 11.7. The van der Waals surface area contributed by atoms with Gasteiger partial charge in [-0.3, -0.25) is 0 Å². The number of hydrogen-bond donors (Lipinski definition) is 2. The van der Waals surface area contributed by atoms with Crippen LogP contribution >= 0.6 is 27.3 Å². The smallest absolute Gasteiger partial charge is 0.250 e. The zero-order valence-corrected chi connectivity index (χ0v) is 11.5. The third-order valence-electron chi connectivity index (χ3n) is 1.51. The van der Waals surface area contributed by atoms with Gasteiger partial charge in [0.1, 0.15) is 4.21 Å². The van der Waals surface area contributed by atoms with Crippen molar-refractivity contribution in [2.75, 3.05) is 6.54 Å². The lowest BCUT2D eigenvalue weighted by atomic mass is 10.1. The van der Waals surface area contributed by atoms with Crippen LogP contribution in [0.5, 0.6) is 0 Å². The summed E-state index contributed by atoms with van der Waals surface area (Å²) in [6, 6.07) is 3.19. The second-order valence-electron chi connectivity index (χ2n) is 3.70. The Morgan fingerprint density at radius 2 is 2.13 bits per heavy atom. The van der Waals surface area contributed by atoms with Gasteiger partial charge in [-0.05, 0) is 41.9 Å². The monoisotopic (exact) mass is 313 g/mol. The molecule has 0 aromatic carbocycles. The molecular weight excluding hydrogens is 302 g/mol. The minimum absolute atomic E-state index is 0.00908. The van der Waals surface area contributed by atoms with Crippen molar-refractivity contribution in [3.8, 4) is 0 Å². The lowest BCUT2D eigenvalue weighted by Crippen LogP contribution is -2.37. The van der Waals surface area contributed by atoms with Crippen molar-refractivity contribution < 1.29 is 13.5 Å². The van der Waals surface area contributed by atoms with E-state index in [4.69, 9.17) is 0 Å². The number of halogens is 1. The van der Waals surface area contributed by atoms with Crippen molar-refractivity contribution >= 4 is 37.3 Å². The molecule has 0 fully saturated rings. The molecule has 0 unspecified atom stereocenters. The van der Waals surface area contributed by atoms with Gasteiger partial charge in [-0.2, -0.15) is 0 Å². The Hall–Kier alpha value is 0.0500. The minimum atomic E-state index is -3.49. The molecule has 86 valence electrons. The molecule has 0 aliphatic rings. The zero-order chi connectivity index (χ0) is 11.7. The van der Waals surface area contributed by atoms with E-state index in [1.807, 2.05) is 0 Å². The summed E-state index contributed by atoms with van der Waals surface area (Å²) in [5, 5.41) is 9.40. The molecular formula is C8H12BrNO3S2. The van der Waals surface area contributed by atoms with E-state index in [9.17, 15) is 13.5 Å². The van der Waals surface area contributed by atoms with E-state index in [1.54, 1.807) is 19.9 Å². The average Bonchev–Trinajstić information content (AvgIpc) is 2.48. The predicted molar refractivity (Wildman–Crippen MR) is 63.5 cm³/mol. The maximum Gasteiger partial charge on any atom is 0.250 e. The second-order valence-corrected chi connectivity index (χ2v) is 8.15. The first-order valence-corrected chi connectivity index (χ1v) is 7.27. The summed E-state index contributed by atoms with van der Waals surface area (Å²) in [5.74, 6) is 0. The SMILES string of the molecule is CC(C)(O)CNS(=O)(=O)c1ccc(Br)s1. The lowest BCUT2D eigenvalue weighted by Gasteiger charge is -2.17. The molecule has 1 rings (SSSR count). The van der Waals surface area contributed by atoms with Gasteiger partial charge in [0.05, 0.1) is 9.39 Å². The molecule has 0 aliphatic carbocycles. The molecule has 0 aliphatic heterocycles. The average molecular weight is 314 g/mol. The summed E-state index contributed by atoms with van der Waals surface area (Å²) in [7, 11) is -3.49. The molecule has 7 heteroatoms. The van der Waals surface area contributed by atoms with E-state index in [0.717, 1.165) is 15.1 Å². The molecule has 1 heterocycles. The van der Waals surface area contributed by atoms with Crippen LogP contribution in [0.3, 0.4) is 0 Å². The largest absolute Gasteiger partial charge is 0.389 e. The molecule has 2 N–H and O–H groups in total. The number of nitrogens with one attached hydrogen (secondary N) is 1. The van der Waals surface area contributed by atoms with Crippen LogP contribution in [0.25, 0.3) is 0 Å². The van der Waals surface area contributed by atoms with Crippen LogP contribution in [0.15, 0.2) is 20.1 Å². The topological polar surface area (TPSA) is 66.4 Å². The fraction of sp³-hybridized carbons (Fsp3) is 0.500. The van der Waals surface area contributed by atoms with Crippen molar-refractivity contribution in [1.82, 2.24) is 4.72 Å². The van der Waals surface area contributed by atoms with Crippen LogP contribution in [0, 0.1) is 0 Å². The number of rotatable bonds is 4. The molecule has 1 aromatic heterocycles. The summed E-state index contributed by atoms with van der Waals surface area (Å²) in [5.41, 5.74) is -1.05. The fourth-order valence-electron chi connectivity index (χ4n) is 0.785. The van der Waals surface area contributed by atoms with E-state index in [1.165, 1.54) is 6.07 Å². The molecule has 15 heavy (non-hydrogen) atoms. The molecule has 0 spiro atoms. The number of thiophene rings is 1. The van der Waals surface area contributed by atoms with Crippen LogP contribution < -0.4 is 4.72 Å². The Kier molecular flexibility index (Phi) is 3.94. The van der Waals surface area contributed by atoms with Gasteiger partial charge in [0.15, 0.2) is 0 Å². The Balaban J connectivity index is 2.77. The Morgan fingerprint density at radius 1 is 1.53 bits per heavy atom. The first-order chi connectivity index (χ1) is 6.71. The van der Waals surface area contributed by atoms with Crippen molar-refractivity contribution in [1.29, 1.82) is 0 Å². The van der Waals surface area contributed by atoms with Crippen molar-refractivity contribution in [3.05, 3.63) is 15.9 Å². The summed E-state index contributed by atoms with van der Waals surface area (Å²) in [6.45, 7) is 3.07. The van der Waals surface area contributed by atoms with Crippen LogP contribution in [-0.4, -0.2) is 25.7 Å². The Morgan fingerprint density at radius 3 is 2.53 bits per heavy atom. The second kappa shape index (κ2) is 4.50. The summed E-state index contributed by atoms with van der Waals surface area (Å²) >= 11 is 4.32. The number of hydrogen-bond acceptors (Lipinski definition) is 4. The summed E-state index contributed by atoms with van der Waals surface area (Å²) < 4.78 is 26.6. The molecule has 0 saturated heterocycles. The number of aliphatic hydroxyl groups is 1. The highest BCUT2D eigenvalue weighted by Crippen LogP contribution is 2.25. The van der Waals surface area contributed by atoms with E-state index < -0.39 is 15.6 Å². The standard InChI is InChI=1S/C8H12BrNO3S2/c1-8(2,11)5-10-15(12,13)7-4-3-6(9)14-7/h3-4,10-11H,5H2,1-2H3. The molecule has 0 saturated carbocycles. The first-order valence-electron chi connectivity index (χ1n) is 4.18. The maximum absolute atomic E-state index is 11.7. The number of sulfonamides is 1. The van der Waals surface area contributed by atoms with Crippen molar-refractivity contribution in [3.63, 3.8) is 0 Å². The predicted octanol–water partition coefficient (Wildman–Crippen LogP) is 1.56. The molecule has 0 atom stereocenters. The highest BCUT2D eigenvalue weighted by Gasteiger charge is 2.20. The van der Waals surface area contributed by atoms with Crippen LogP contribution in [0.4, 0.5) is 0 Å².